The minimum absolute atomic E-state index is 0.106. The Hall–Kier alpha value is -2.58. The van der Waals surface area contributed by atoms with Crippen LogP contribution in [0.3, 0.4) is 0 Å². The number of rotatable bonds is 6. The molecule has 2 aliphatic heterocycles. The zero-order chi connectivity index (χ0) is 19.8. The van der Waals surface area contributed by atoms with Crippen LogP contribution >= 0.6 is 0 Å². The molecule has 0 aromatic heterocycles. The highest BCUT2D eigenvalue weighted by molar-refractivity contribution is 6.23. The van der Waals surface area contributed by atoms with E-state index < -0.39 is 23.8 Å². The van der Waals surface area contributed by atoms with E-state index in [-0.39, 0.29) is 29.9 Å². The molecule has 4 amide bonds. The van der Waals surface area contributed by atoms with Crippen molar-refractivity contribution in [3.63, 3.8) is 0 Å². The molecule has 1 aromatic carbocycles. The number of nitrogens with one attached hydrogen (secondary N) is 2. The van der Waals surface area contributed by atoms with Gasteiger partial charge in [-0.05, 0) is 50.9 Å². The predicted octanol–water partition coefficient (Wildman–Crippen LogP) is 0.305. The number of benzene rings is 1. The molecule has 27 heavy (non-hydrogen) atoms. The molecule has 8 heteroatoms. The number of carbonyl (C=O) groups excluding carboxylic acids is 4. The summed E-state index contributed by atoms with van der Waals surface area (Å²) in [6, 6.07) is 4.16. The minimum Gasteiger partial charge on any atom is -0.330 e. The van der Waals surface area contributed by atoms with Gasteiger partial charge in [0.2, 0.25) is 11.8 Å². The van der Waals surface area contributed by atoms with Crippen LogP contribution in [0, 0.1) is 0 Å². The topological polar surface area (TPSA) is 122 Å². The van der Waals surface area contributed by atoms with E-state index >= 15 is 0 Å². The lowest BCUT2D eigenvalue weighted by Crippen LogP contribution is -2.54. The van der Waals surface area contributed by atoms with Gasteiger partial charge in [0.1, 0.15) is 6.04 Å². The van der Waals surface area contributed by atoms with Gasteiger partial charge in [0.05, 0.1) is 11.1 Å². The van der Waals surface area contributed by atoms with Crippen molar-refractivity contribution in [2.75, 3.05) is 6.54 Å². The highest BCUT2D eigenvalue weighted by Gasteiger charge is 2.44. The summed E-state index contributed by atoms with van der Waals surface area (Å²) in [4.78, 5) is 49.8. The average Bonchev–Trinajstić information content (AvgIpc) is 2.84. The van der Waals surface area contributed by atoms with E-state index in [4.69, 9.17) is 5.73 Å². The summed E-state index contributed by atoms with van der Waals surface area (Å²) < 4.78 is 0. The number of imide groups is 2. The lowest BCUT2D eigenvalue weighted by molar-refractivity contribution is -0.136. The van der Waals surface area contributed by atoms with Crippen molar-refractivity contribution in [3.8, 4) is 0 Å². The Morgan fingerprint density at radius 2 is 1.89 bits per heavy atom. The van der Waals surface area contributed by atoms with Gasteiger partial charge in [-0.25, -0.2) is 0 Å². The van der Waals surface area contributed by atoms with Crippen molar-refractivity contribution in [1.82, 2.24) is 15.5 Å². The molecule has 0 radical (unpaired) electrons. The Labute approximate surface area is 157 Å². The van der Waals surface area contributed by atoms with Gasteiger partial charge >= 0.3 is 0 Å². The number of amides is 4. The first-order chi connectivity index (χ1) is 12.7. The molecule has 0 spiro atoms. The SMILES string of the molecule is CC(C)(CCN)NCc1ccc2c(c1)C(=O)N(C1CCC(=O)NC1=O)C2=O. The molecule has 8 nitrogen and oxygen atoms in total. The van der Waals surface area contributed by atoms with Crippen LogP contribution in [0.25, 0.3) is 0 Å². The summed E-state index contributed by atoms with van der Waals surface area (Å²) in [5.41, 5.74) is 6.91. The Bertz CT molecular complexity index is 818. The fourth-order valence-corrected chi connectivity index (χ4v) is 3.42. The summed E-state index contributed by atoms with van der Waals surface area (Å²) in [7, 11) is 0. The zero-order valence-electron chi connectivity index (χ0n) is 15.5. The molecule has 2 aliphatic rings. The second-order valence-corrected chi connectivity index (χ2v) is 7.60. The Morgan fingerprint density at radius 1 is 1.19 bits per heavy atom. The number of carbonyl (C=O) groups is 4. The highest BCUT2D eigenvalue weighted by Crippen LogP contribution is 2.28. The molecule has 0 aliphatic carbocycles. The summed E-state index contributed by atoms with van der Waals surface area (Å²) in [6.07, 6.45) is 1.06. The first-order valence-electron chi connectivity index (χ1n) is 9.03. The lowest BCUT2D eigenvalue weighted by Gasteiger charge is -2.27. The van der Waals surface area contributed by atoms with Gasteiger partial charge in [0.15, 0.2) is 0 Å². The van der Waals surface area contributed by atoms with Crippen molar-refractivity contribution < 1.29 is 19.2 Å². The van der Waals surface area contributed by atoms with E-state index in [0.29, 0.717) is 18.7 Å². The molecule has 0 saturated carbocycles. The Kier molecular flexibility index (Phi) is 5.12. The summed E-state index contributed by atoms with van der Waals surface area (Å²) in [5.74, 6) is -1.98. The van der Waals surface area contributed by atoms with Gasteiger partial charge in [-0.1, -0.05) is 6.07 Å². The molecule has 2 heterocycles. The van der Waals surface area contributed by atoms with Crippen LogP contribution in [-0.4, -0.2) is 46.7 Å². The number of piperidine rings is 1. The Balaban J connectivity index is 1.78. The predicted molar refractivity (Wildman–Crippen MR) is 97.7 cm³/mol. The normalized spacial score (nSPS) is 20.1. The number of hydrogen-bond acceptors (Lipinski definition) is 6. The van der Waals surface area contributed by atoms with Crippen molar-refractivity contribution in [1.29, 1.82) is 0 Å². The van der Waals surface area contributed by atoms with E-state index in [1.165, 1.54) is 0 Å². The van der Waals surface area contributed by atoms with Gasteiger partial charge in [0.25, 0.3) is 11.8 Å². The van der Waals surface area contributed by atoms with Crippen molar-refractivity contribution in [2.45, 2.75) is 51.2 Å². The lowest BCUT2D eigenvalue weighted by atomic mass is 9.99. The van der Waals surface area contributed by atoms with Gasteiger partial charge < -0.3 is 11.1 Å². The molecular formula is C19H24N4O4. The number of nitrogens with two attached hydrogens (primary N) is 1. The molecule has 1 saturated heterocycles. The number of fused-ring (bicyclic) bond motifs is 1. The molecule has 1 fully saturated rings. The van der Waals surface area contributed by atoms with Gasteiger partial charge in [-0.15, -0.1) is 0 Å². The maximum atomic E-state index is 12.8. The number of nitrogens with zero attached hydrogens (tertiary/aromatic N) is 1. The molecule has 1 atom stereocenters. The van der Waals surface area contributed by atoms with Crippen LogP contribution in [0.4, 0.5) is 0 Å². The first kappa shape index (κ1) is 19.2. The van der Waals surface area contributed by atoms with Crippen molar-refractivity contribution in [2.24, 2.45) is 5.73 Å². The van der Waals surface area contributed by atoms with Gasteiger partial charge in [0, 0.05) is 18.5 Å². The van der Waals surface area contributed by atoms with Crippen LogP contribution < -0.4 is 16.4 Å². The highest BCUT2D eigenvalue weighted by atomic mass is 16.2. The number of hydrogen-bond donors (Lipinski definition) is 3. The Morgan fingerprint density at radius 3 is 2.56 bits per heavy atom. The van der Waals surface area contributed by atoms with Crippen LogP contribution in [-0.2, 0) is 16.1 Å². The van der Waals surface area contributed by atoms with Gasteiger partial charge in [-0.2, -0.15) is 0 Å². The molecule has 4 N–H and O–H groups in total. The standard InChI is InChI=1S/C19H24N4O4/c1-19(2,7-8-20)21-10-11-3-4-12-13(9-11)18(27)23(17(12)26)14-5-6-15(24)22-16(14)25/h3-4,9,14,21H,5-8,10,20H2,1-2H3,(H,22,24,25). The van der Waals surface area contributed by atoms with Crippen molar-refractivity contribution in [3.05, 3.63) is 34.9 Å². The minimum atomic E-state index is -0.944. The van der Waals surface area contributed by atoms with Gasteiger partial charge in [-0.3, -0.25) is 29.4 Å². The maximum Gasteiger partial charge on any atom is 0.262 e. The molecule has 1 aromatic rings. The fourth-order valence-electron chi connectivity index (χ4n) is 3.42. The van der Waals surface area contributed by atoms with E-state index in [2.05, 4.69) is 10.6 Å². The average molecular weight is 372 g/mol. The molecule has 1 unspecified atom stereocenters. The third-order valence-corrected chi connectivity index (χ3v) is 5.04. The van der Waals surface area contributed by atoms with E-state index in [9.17, 15) is 19.2 Å². The molecule has 0 bridgehead atoms. The van der Waals surface area contributed by atoms with Crippen LogP contribution in [0.15, 0.2) is 18.2 Å². The summed E-state index contributed by atoms with van der Waals surface area (Å²) in [5, 5.41) is 5.58. The van der Waals surface area contributed by atoms with E-state index in [1.807, 2.05) is 13.8 Å². The second-order valence-electron chi connectivity index (χ2n) is 7.60. The van der Waals surface area contributed by atoms with Crippen LogP contribution in [0.2, 0.25) is 0 Å². The fraction of sp³-hybridized carbons (Fsp3) is 0.474. The van der Waals surface area contributed by atoms with Crippen molar-refractivity contribution >= 4 is 23.6 Å². The smallest absolute Gasteiger partial charge is 0.262 e. The summed E-state index contributed by atoms with van der Waals surface area (Å²) >= 11 is 0. The molecule has 3 rings (SSSR count). The van der Waals surface area contributed by atoms with Crippen LogP contribution in [0.5, 0.6) is 0 Å². The maximum absolute atomic E-state index is 12.8. The summed E-state index contributed by atoms with van der Waals surface area (Å²) in [6.45, 7) is 5.19. The zero-order valence-corrected chi connectivity index (χ0v) is 15.5. The third-order valence-electron chi connectivity index (χ3n) is 5.04. The first-order valence-corrected chi connectivity index (χ1v) is 9.03. The van der Waals surface area contributed by atoms with E-state index in [1.54, 1.807) is 18.2 Å². The molecule has 144 valence electrons. The molecular weight excluding hydrogens is 348 g/mol. The van der Waals surface area contributed by atoms with E-state index in [0.717, 1.165) is 16.9 Å². The third kappa shape index (κ3) is 3.77. The quantitative estimate of drug-likeness (QED) is 0.618. The largest absolute Gasteiger partial charge is 0.330 e. The monoisotopic (exact) mass is 372 g/mol. The second kappa shape index (κ2) is 7.21. The van der Waals surface area contributed by atoms with Crippen LogP contribution in [0.1, 0.15) is 59.4 Å².